The highest BCUT2D eigenvalue weighted by atomic mass is 32.2. The van der Waals surface area contributed by atoms with Crippen LogP contribution in [0.3, 0.4) is 0 Å². The lowest BCUT2D eigenvalue weighted by Crippen LogP contribution is -1.97. The van der Waals surface area contributed by atoms with E-state index in [0.29, 0.717) is 0 Å². The number of fused-ring (bicyclic) bond motifs is 2. The van der Waals surface area contributed by atoms with E-state index < -0.39 is 0 Å². The number of rotatable bonds is 1. The highest BCUT2D eigenvalue weighted by molar-refractivity contribution is 7.98. The Hall–Kier alpha value is -1.55. The predicted octanol–water partition coefficient (Wildman–Crippen LogP) is 2.53. The van der Waals surface area contributed by atoms with E-state index >= 15 is 0 Å². The van der Waals surface area contributed by atoms with Crippen LogP contribution in [0.5, 0.6) is 0 Å². The second-order valence-electron chi connectivity index (χ2n) is 3.66. The Balaban J connectivity index is 2.14. The van der Waals surface area contributed by atoms with Gasteiger partial charge in [-0.3, -0.25) is 4.57 Å². The SMILES string of the molecule is CSc1nnc2n1C=Cc1ccccc1C2. The Kier molecular flexibility index (Phi) is 2.29. The minimum Gasteiger partial charge on any atom is -0.281 e. The van der Waals surface area contributed by atoms with Gasteiger partial charge in [0, 0.05) is 12.6 Å². The summed E-state index contributed by atoms with van der Waals surface area (Å²) >= 11 is 1.62. The molecule has 0 unspecified atom stereocenters. The molecule has 3 nitrogen and oxygen atoms in total. The molecule has 0 amide bonds. The van der Waals surface area contributed by atoms with Gasteiger partial charge >= 0.3 is 0 Å². The van der Waals surface area contributed by atoms with Crippen molar-refractivity contribution >= 4 is 24.0 Å². The molecule has 0 saturated carbocycles. The van der Waals surface area contributed by atoms with E-state index in [0.717, 1.165) is 17.4 Å². The van der Waals surface area contributed by atoms with Crippen molar-refractivity contribution in [2.75, 3.05) is 6.26 Å². The van der Waals surface area contributed by atoms with Crippen molar-refractivity contribution in [2.24, 2.45) is 0 Å². The minimum absolute atomic E-state index is 0.844. The number of hydrogen-bond acceptors (Lipinski definition) is 3. The molecule has 0 bridgehead atoms. The molecule has 2 aromatic rings. The summed E-state index contributed by atoms with van der Waals surface area (Å²) in [7, 11) is 0. The van der Waals surface area contributed by atoms with Crippen LogP contribution in [0.15, 0.2) is 29.4 Å². The third-order valence-electron chi connectivity index (χ3n) is 2.72. The van der Waals surface area contributed by atoms with E-state index in [1.54, 1.807) is 11.8 Å². The third-order valence-corrected chi connectivity index (χ3v) is 3.37. The van der Waals surface area contributed by atoms with Gasteiger partial charge in [0.25, 0.3) is 0 Å². The summed E-state index contributed by atoms with van der Waals surface area (Å²) < 4.78 is 2.06. The van der Waals surface area contributed by atoms with Crippen molar-refractivity contribution in [3.8, 4) is 0 Å². The summed E-state index contributed by atoms with van der Waals surface area (Å²) in [5, 5.41) is 9.33. The van der Waals surface area contributed by atoms with Crippen LogP contribution < -0.4 is 0 Å². The lowest BCUT2D eigenvalue weighted by molar-refractivity contribution is 0.901. The molecule has 0 spiro atoms. The van der Waals surface area contributed by atoms with Gasteiger partial charge in [0.1, 0.15) is 5.82 Å². The summed E-state index contributed by atoms with van der Waals surface area (Å²) in [6.45, 7) is 0. The van der Waals surface area contributed by atoms with Crippen LogP contribution in [0.25, 0.3) is 12.3 Å². The molecule has 16 heavy (non-hydrogen) atoms. The van der Waals surface area contributed by atoms with Gasteiger partial charge in [0.2, 0.25) is 0 Å². The summed E-state index contributed by atoms with van der Waals surface area (Å²) in [5.41, 5.74) is 2.57. The number of thioether (sulfide) groups is 1. The van der Waals surface area contributed by atoms with E-state index in [-0.39, 0.29) is 0 Å². The van der Waals surface area contributed by atoms with Crippen molar-refractivity contribution in [1.29, 1.82) is 0 Å². The molecule has 0 fully saturated rings. The average Bonchev–Trinajstić information content (AvgIpc) is 2.61. The Morgan fingerprint density at radius 2 is 2.12 bits per heavy atom. The van der Waals surface area contributed by atoms with Crippen LogP contribution in [0, 0.1) is 0 Å². The Bertz CT molecular complexity index is 557. The number of hydrogen-bond donors (Lipinski definition) is 0. The van der Waals surface area contributed by atoms with Crippen LogP contribution in [0.2, 0.25) is 0 Å². The van der Waals surface area contributed by atoms with Crippen LogP contribution in [-0.2, 0) is 6.42 Å². The molecule has 1 aromatic carbocycles. The summed E-state index contributed by atoms with van der Waals surface area (Å²) in [6, 6.07) is 8.40. The molecule has 0 atom stereocenters. The third kappa shape index (κ3) is 1.46. The Morgan fingerprint density at radius 1 is 1.25 bits per heavy atom. The van der Waals surface area contributed by atoms with E-state index in [1.807, 2.05) is 12.5 Å². The summed E-state index contributed by atoms with van der Waals surface area (Å²) in [6.07, 6.45) is 7.03. The molecule has 0 radical (unpaired) electrons. The molecule has 0 aliphatic carbocycles. The summed E-state index contributed by atoms with van der Waals surface area (Å²) in [4.78, 5) is 0. The second kappa shape index (κ2) is 3.79. The lowest BCUT2D eigenvalue weighted by atomic mass is 10.1. The normalized spacial score (nSPS) is 13.1. The first-order valence-corrected chi connectivity index (χ1v) is 6.35. The zero-order valence-electron chi connectivity index (χ0n) is 8.92. The van der Waals surface area contributed by atoms with Crippen molar-refractivity contribution in [3.05, 3.63) is 41.2 Å². The first-order valence-electron chi connectivity index (χ1n) is 5.12. The van der Waals surface area contributed by atoms with Crippen molar-refractivity contribution in [2.45, 2.75) is 11.6 Å². The van der Waals surface area contributed by atoms with Gasteiger partial charge in [-0.25, -0.2) is 0 Å². The molecule has 1 aromatic heterocycles. The number of nitrogens with zero attached hydrogens (tertiary/aromatic N) is 3. The zero-order valence-corrected chi connectivity index (χ0v) is 9.74. The fourth-order valence-corrected chi connectivity index (χ4v) is 2.39. The van der Waals surface area contributed by atoms with E-state index in [4.69, 9.17) is 0 Å². The van der Waals surface area contributed by atoms with E-state index in [9.17, 15) is 0 Å². The molecule has 2 heterocycles. The molecule has 0 saturated heterocycles. The van der Waals surface area contributed by atoms with E-state index in [2.05, 4.69) is 45.1 Å². The Labute approximate surface area is 98.2 Å². The van der Waals surface area contributed by atoms with Gasteiger partial charge in [-0.05, 0) is 23.5 Å². The molecular formula is C12H11N3S. The molecular weight excluding hydrogens is 218 g/mol. The molecule has 0 N–H and O–H groups in total. The first-order chi connectivity index (χ1) is 7.88. The largest absolute Gasteiger partial charge is 0.281 e. The smallest absolute Gasteiger partial charge is 0.195 e. The summed E-state index contributed by atoms with van der Waals surface area (Å²) in [5.74, 6) is 1.01. The van der Waals surface area contributed by atoms with Crippen LogP contribution in [0.1, 0.15) is 17.0 Å². The average molecular weight is 229 g/mol. The van der Waals surface area contributed by atoms with Gasteiger partial charge in [-0.1, -0.05) is 36.0 Å². The highest BCUT2D eigenvalue weighted by Crippen LogP contribution is 2.23. The highest BCUT2D eigenvalue weighted by Gasteiger charge is 2.13. The van der Waals surface area contributed by atoms with Crippen molar-refractivity contribution < 1.29 is 0 Å². The molecule has 4 heteroatoms. The van der Waals surface area contributed by atoms with Crippen molar-refractivity contribution in [3.63, 3.8) is 0 Å². The maximum atomic E-state index is 4.23. The Morgan fingerprint density at radius 3 is 3.00 bits per heavy atom. The predicted molar refractivity (Wildman–Crippen MR) is 66.3 cm³/mol. The monoisotopic (exact) mass is 229 g/mol. The zero-order chi connectivity index (χ0) is 11.0. The van der Waals surface area contributed by atoms with Gasteiger partial charge in [0.15, 0.2) is 5.16 Å². The molecule has 80 valence electrons. The number of aromatic nitrogens is 3. The molecule has 3 rings (SSSR count). The van der Waals surface area contributed by atoms with Crippen LogP contribution in [-0.4, -0.2) is 21.0 Å². The first kappa shape index (κ1) is 9.66. The van der Waals surface area contributed by atoms with Gasteiger partial charge in [-0.2, -0.15) is 0 Å². The number of benzene rings is 1. The fourth-order valence-electron chi connectivity index (χ4n) is 1.90. The standard InChI is InChI=1S/C12H11N3S/c1-16-12-14-13-11-8-10-5-3-2-4-9(10)6-7-15(11)12/h2-7H,8H2,1H3. The lowest BCUT2D eigenvalue weighted by Gasteiger charge is -2.01. The van der Waals surface area contributed by atoms with Crippen LogP contribution in [0.4, 0.5) is 0 Å². The maximum absolute atomic E-state index is 4.23. The van der Waals surface area contributed by atoms with Gasteiger partial charge in [-0.15, -0.1) is 10.2 Å². The molecule has 1 aliphatic heterocycles. The fraction of sp³-hybridized carbons (Fsp3) is 0.167. The van der Waals surface area contributed by atoms with Gasteiger partial charge < -0.3 is 0 Å². The van der Waals surface area contributed by atoms with Crippen LogP contribution >= 0.6 is 11.8 Å². The quantitative estimate of drug-likeness (QED) is 0.601. The second-order valence-corrected chi connectivity index (χ2v) is 4.44. The minimum atomic E-state index is 0.844. The van der Waals surface area contributed by atoms with E-state index in [1.165, 1.54) is 11.1 Å². The topological polar surface area (TPSA) is 30.7 Å². The maximum Gasteiger partial charge on any atom is 0.195 e. The van der Waals surface area contributed by atoms with Crippen molar-refractivity contribution in [1.82, 2.24) is 14.8 Å². The van der Waals surface area contributed by atoms with Gasteiger partial charge in [0.05, 0.1) is 0 Å². The molecule has 1 aliphatic rings.